The van der Waals surface area contributed by atoms with Crippen molar-refractivity contribution < 1.29 is 14.3 Å². The maximum atomic E-state index is 14.3. The summed E-state index contributed by atoms with van der Waals surface area (Å²) in [5, 5.41) is 2.99. The molecule has 0 fully saturated rings. The van der Waals surface area contributed by atoms with Gasteiger partial charge in [0, 0.05) is 5.54 Å². The Bertz CT molecular complexity index is 960. The lowest BCUT2D eigenvalue weighted by molar-refractivity contribution is -0.160. The minimum absolute atomic E-state index is 0.266. The zero-order valence-corrected chi connectivity index (χ0v) is 20.6. The van der Waals surface area contributed by atoms with Gasteiger partial charge >= 0.3 is 5.97 Å². The number of carbonyl (C=O) groups is 2. The highest BCUT2D eigenvalue weighted by Crippen LogP contribution is 2.41. The van der Waals surface area contributed by atoms with E-state index >= 15 is 0 Å². The van der Waals surface area contributed by atoms with E-state index in [4.69, 9.17) is 4.74 Å². The number of unbranched alkanes of at least 4 members (excludes halogenated alkanes) is 1. The van der Waals surface area contributed by atoms with Crippen LogP contribution in [-0.4, -0.2) is 23.5 Å². The topological polar surface area (TPSA) is 55.4 Å². The van der Waals surface area contributed by atoms with E-state index in [1.54, 1.807) is 0 Å². The highest BCUT2D eigenvalue weighted by Gasteiger charge is 2.46. The van der Waals surface area contributed by atoms with Crippen LogP contribution in [-0.2, 0) is 19.7 Å². The fourth-order valence-electron chi connectivity index (χ4n) is 4.22. The van der Waals surface area contributed by atoms with Crippen LogP contribution in [0.25, 0.3) is 0 Å². The van der Waals surface area contributed by atoms with Crippen LogP contribution >= 0.6 is 0 Å². The molecule has 0 aliphatic rings. The predicted octanol–water partition coefficient (Wildman–Crippen LogP) is 6.04. The van der Waals surface area contributed by atoms with Crippen molar-refractivity contribution in [2.75, 3.05) is 0 Å². The van der Waals surface area contributed by atoms with E-state index < -0.39 is 23.0 Å². The van der Waals surface area contributed by atoms with Crippen LogP contribution < -0.4 is 5.32 Å². The van der Waals surface area contributed by atoms with E-state index in [1.807, 2.05) is 112 Å². The molecule has 0 heterocycles. The van der Waals surface area contributed by atoms with Gasteiger partial charge in [0.15, 0.2) is 6.10 Å². The first-order valence-electron chi connectivity index (χ1n) is 12.0. The van der Waals surface area contributed by atoms with E-state index in [-0.39, 0.29) is 5.91 Å². The summed E-state index contributed by atoms with van der Waals surface area (Å²) in [5.74, 6) is -0.723. The van der Waals surface area contributed by atoms with Crippen LogP contribution in [0.15, 0.2) is 91.0 Å². The van der Waals surface area contributed by atoms with Gasteiger partial charge in [0.2, 0.25) is 0 Å². The second-order valence-electron chi connectivity index (χ2n) is 9.62. The summed E-state index contributed by atoms with van der Waals surface area (Å²) in [7, 11) is 0. The summed E-state index contributed by atoms with van der Waals surface area (Å²) in [6, 6.07) is 29.0. The zero-order chi connectivity index (χ0) is 24.6. The van der Waals surface area contributed by atoms with Gasteiger partial charge in [-0.1, -0.05) is 104 Å². The third-order valence-corrected chi connectivity index (χ3v) is 5.79. The number of benzene rings is 3. The van der Waals surface area contributed by atoms with Crippen molar-refractivity contribution in [1.82, 2.24) is 5.32 Å². The molecule has 1 amide bonds. The predicted molar refractivity (Wildman–Crippen MR) is 137 cm³/mol. The number of rotatable bonds is 9. The third-order valence-electron chi connectivity index (χ3n) is 5.79. The molecule has 4 nitrogen and oxygen atoms in total. The maximum absolute atomic E-state index is 14.3. The molecule has 0 saturated carbocycles. The van der Waals surface area contributed by atoms with Gasteiger partial charge < -0.3 is 10.1 Å². The number of esters is 1. The summed E-state index contributed by atoms with van der Waals surface area (Å²) < 4.78 is 6.14. The molecular weight excluding hydrogens is 422 g/mol. The smallest absolute Gasteiger partial charge is 0.326 e. The molecule has 0 aromatic heterocycles. The summed E-state index contributed by atoms with van der Waals surface area (Å²) in [6.45, 7) is 7.83. The minimum atomic E-state index is -1.21. The van der Waals surface area contributed by atoms with E-state index in [2.05, 4.69) is 12.2 Å². The first-order chi connectivity index (χ1) is 16.3. The van der Waals surface area contributed by atoms with E-state index in [0.29, 0.717) is 6.42 Å². The highest BCUT2D eigenvalue weighted by atomic mass is 16.5. The Kier molecular flexibility index (Phi) is 8.27. The van der Waals surface area contributed by atoms with Crippen molar-refractivity contribution in [2.24, 2.45) is 0 Å². The molecule has 3 aromatic carbocycles. The fourth-order valence-corrected chi connectivity index (χ4v) is 4.22. The van der Waals surface area contributed by atoms with Gasteiger partial charge in [-0.2, -0.15) is 0 Å². The molecule has 3 aromatic rings. The number of amides is 1. The summed E-state index contributed by atoms with van der Waals surface area (Å²) in [5.41, 5.74) is 0.744. The van der Waals surface area contributed by atoms with Crippen LogP contribution in [0.1, 0.15) is 63.6 Å². The standard InChI is InChI=1S/C30H35NO3/c1-5-6-22-26(27(32)31-29(2,3)4)34-28(33)30(23-16-10-7-11-17-23,24-18-12-8-13-19-24)25-20-14-9-15-21-25/h7-21,26H,5-6,22H2,1-4H3,(H,31,32). The zero-order valence-electron chi connectivity index (χ0n) is 20.6. The van der Waals surface area contributed by atoms with Gasteiger partial charge in [0.1, 0.15) is 5.41 Å². The average molecular weight is 458 g/mol. The first kappa shape index (κ1) is 25.2. The van der Waals surface area contributed by atoms with Gasteiger partial charge in [-0.25, -0.2) is 0 Å². The monoisotopic (exact) mass is 457 g/mol. The summed E-state index contributed by atoms with van der Waals surface area (Å²) in [4.78, 5) is 27.5. The van der Waals surface area contributed by atoms with Crippen LogP contribution in [0.3, 0.4) is 0 Å². The van der Waals surface area contributed by atoms with E-state index in [9.17, 15) is 9.59 Å². The van der Waals surface area contributed by atoms with Crippen LogP contribution in [0.4, 0.5) is 0 Å². The SMILES string of the molecule is CCCCC(OC(=O)C(c1ccccc1)(c1ccccc1)c1ccccc1)C(=O)NC(C)(C)C. The van der Waals surface area contributed by atoms with Crippen LogP contribution in [0, 0.1) is 0 Å². The molecule has 3 rings (SSSR count). The molecule has 1 unspecified atom stereocenters. The molecule has 0 aliphatic heterocycles. The normalized spacial score (nSPS) is 12.6. The Balaban J connectivity index is 2.15. The largest absolute Gasteiger partial charge is 0.451 e. The van der Waals surface area contributed by atoms with Crippen LogP contribution in [0.5, 0.6) is 0 Å². The number of hydrogen-bond acceptors (Lipinski definition) is 3. The molecule has 0 spiro atoms. The molecule has 1 N–H and O–H groups in total. The van der Waals surface area contributed by atoms with Crippen molar-refractivity contribution in [3.63, 3.8) is 0 Å². The second-order valence-corrected chi connectivity index (χ2v) is 9.62. The second kappa shape index (κ2) is 11.1. The molecule has 0 aliphatic carbocycles. The van der Waals surface area contributed by atoms with Crippen molar-refractivity contribution in [2.45, 2.75) is 64.0 Å². The van der Waals surface area contributed by atoms with Gasteiger partial charge in [0.05, 0.1) is 0 Å². The van der Waals surface area contributed by atoms with E-state index in [0.717, 1.165) is 29.5 Å². The quantitative estimate of drug-likeness (QED) is 0.315. The molecule has 0 radical (unpaired) electrons. The Hall–Kier alpha value is -3.40. The van der Waals surface area contributed by atoms with Crippen molar-refractivity contribution in [1.29, 1.82) is 0 Å². The first-order valence-corrected chi connectivity index (χ1v) is 12.0. The fraction of sp³-hybridized carbons (Fsp3) is 0.333. The third kappa shape index (κ3) is 5.74. The molecule has 34 heavy (non-hydrogen) atoms. The number of ether oxygens (including phenoxy) is 1. The lowest BCUT2D eigenvalue weighted by atomic mass is 9.69. The summed E-state index contributed by atoms with van der Waals surface area (Å²) >= 11 is 0. The molecule has 4 heteroatoms. The molecule has 0 saturated heterocycles. The summed E-state index contributed by atoms with van der Waals surface area (Å²) in [6.07, 6.45) is 1.28. The van der Waals surface area contributed by atoms with Crippen molar-refractivity contribution in [3.05, 3.63) is 108 Å². The van der Waals surface area contributed by atoms with Crippen molar-refractivity contribution >= 4 is 11.9 Å². The molecule has 1 atom stereocenters. The molecule has 0 bridgehead atoms. The van der Waals surface area contributed by atoms with E-state index in [1.165, 1.54) is 0 Å². The van der Waals surface area contributed by atoms with Gasteiger partial charge in [-0.15, -0.1) is 0 Å². The highest BCUT2D eigenvalue weighted by molar-refractivity contribution is 5.94. The molecular formula is C30H35NO3. The Morgan fingerprint density at radius 1 is 0.765 bits per heavy atom. The average Bonchev–Trinajstić information content (AvgIpc) is 2.83. The maximum Gasteiger partial charge on any atom is 0.326 e. The molecule has 178 valence electrons. The van der Waals surface area contributed by atoms with Crippen LogP contribution in [0.2, 0.25) is 0 Å². The number of carbonyl (C=O) groups excluding carboxylic acids is 2. The lowest BCUT2D eigenvalue weighted by Crippen LogP contribution is -2.49. The van der Waals surface area contributed by atoms with Crippen molar-refractivity contribution in [3.8, 4) is 0 Å². The Labute approximate surface area is 203 Å². The number of nitrogens with one attached hydrogen (secondary N) is 1. The van der Waals surface area contributed by atoms with Gasteiger partial charge in [0.25, 0.3) is 5.91 Å². The van der Waals surface area contributed by atoms with Gasteiger partial charge in [-0.05, 0) is 50.3 Å². The lowest BCUT2D eigenvalue weighted by Gasteiger charge is -2.35. The minimum Gasteiger partial charge on any atom is -0.451 e. The van der Waals surface area contributed by atoms with Gasteiger partial charge in [-0.3, -0.25) is 9.59 Å². The Morgan fingerprint density at radius 2 is 1.18 bits per heavy atom. The number of hydrogen-bond donors (Lipinski definition) is 1. The Morgan fingerprint density at radius 3 is 1.53 bits per heavy atom.